The molecule has 158 valence electrons. The Kier molecular flexibility index (Phi) is 7.51. The zero-order valence-electron chi connectivity index (χ0n) is 16.2. The second-order valence-electron chi connectivity index (χ2n) is 6.55. The van der Waals surface area contributed by atoms with Crippen LogP contribution in [0.3, 0.4) is 0 Å². The molecule has 4 N–H and O–H groups in total. The van der Waals surface area contributed by atoms with Crippen molar-refractivity contribution in [3.63, 3.8) is 0 Å². The number of aliphatic imine (C=N–C) groups is 1. The van der Waals surface area contributed by atoms with Crippen molar-refractivity contribution < 1.29 is 12.8 Å². The highest BCUT2D eigenvalue weighted by Gasteiger charge is 2.07. The van der Waals surface area contributed by atoms with Crippen molar-refractivity contribution in [3.8, 4) is 0 Å². The molecule has 0 saturated carbocycles. The predicted molar refractivity (Wildman–Crippen MR) is 118 cm³/mol. The number of halogens is 1. The molecule has 0 saturated heterocycles. The molecule has 0 bridgehead atoms. The predicted octanol–water partition coefficient (Wildman–Crippen LogP) is 3.06. The van der Waals surface area contributed by atoms with E-state index in [0.717, 1.165) is 16.9 Å². The van der Waals surface area contributed by atoms with Gasteiger partial charge in [-0.15, -0.1) is 0 Å². The summed E-state index contributed by atoms with van der Waals surface area (Å²) in [5.41, 5.74) is 1.81. The molecule has 0 spiro atoms. The van der Waals surface area contributed by atoms with E-state index in [4.69, 9.17) is 21.2 Å². The lowest BCUT2D eigenvalue weighted by Gasteiger charge is -2.13. The van der Waals surface area contributed by atoms with Gasteiger partial charge in [-0.05, 0) is 41.5 Å². The molecule has 0 fully saturated rings. The lowest BCUT2D eigenvalue weighted by Crippen LogP contribution is -2.38. The van der Waals surface area contributed by atoms with Crippen LogP contribution in [0, 0.1) is 0 Å². The minimum Gasteiger partial charge on any atom is -0.469 e. The van der Waals surface area contributed by atoms with E-state index in [-0.39, 0.29) is 4.90 Å². The van der Waals surface area contributed by atoms with Crippen LogP contribution in [-0.4, -0.2) is 20.9 Å². The Bertz CT molecular complexity index is 1080. The van der Waals surface area contributed by atoms with E-state index in [1.165, 1.54) is 12.1 Å². The highest BCUT2D eigenvalue weighted by Crippen LogP contribution is 2.14. The first-order chi connectivity index (χ1) is 14.4. The largest absolute Gasteiger partial charge is 0.469 e. The first kappa shape index (κ1) is 21.9. The van der Waals surface area contributed by atoms with Crippen LogP contribution in [0.5, 0.6) is 0 Å². The number of furan rings is 1. The van der Waals surface area contributed by atoms with Crippen molar-refractivity contribution in [1.82, 2.24) is 10.6 Å². The first-order valence-corrected chi connectivity index (χ1v) is 11.2. The number of primary sulfonamides is 1. The van der Waals surface area contributed by atoms with Gasteiger partial charge in [-0.3, -0.25) is 0 Å². The van der Waals surface area contributed by atoms with E-state index in [0.29, 0.717) is 37.0 Å². The van der Waals surface area contributed by atoms with Gasteiger partial charge < -0.3 is 15.1 Å². The molecule has 0 radical (unpaired) electrons. The summed E-state index contributed by atoms with van der Waals surface area (Å²) in [5, 5.41) is 12.4. The molecule has 0 aliphatic carbocycles. The first-order valence-electron chi connectivity index (χ1n) is 9.31. The molecule has 0 amide bonds. The Morgan fingerprint density at radius 1 is 1.03 bits per heavy atom. The van der Waals surface area contributed by atoms with Crippen molar-refractivity contribution in [2.45, 2.75) is 24.4 Å². The van der Waals surface area contributed by atoms with Gasteiger partial charge in [0.05, 0.1) is 17.7 Å². The molecule has 7 nitrogen and oxygen atoms in total. The van der Waals surface area contributed by atoms with Crippen molar-refractivity contribution in [2.24, 2.45) is 10.1 Å². The van der Waals surface area contributed by atoms with Crippen LogP contribution in [0.15, 0.2) is 81.2 Å². The lowest BCUT2D eigenvalue weighted by molar-refractivity contribution is 0.506. The number of sulfonamides is 1. The summed E-state index contributed by atoms with van der Waals surface area (Å²) < 4.78 is 28.1. The molecular weight excluding hydrogens is 424 g/mol. The Morgan fingerprint density at radius 2 is 1.80 bits per heavy atom. The number of guanidine groups is 1. The van der Waals surface area contributed by atoms with Gasteiger partial charge in [-0.25, -0.2) is 18.5 Å². The summed E-state index contributed by atoms with van der Waals surface area (Å²) in [7, 11) is -3.71. The minimum atomic E-state index is -3.71. The Balaban J connectivity index is 1.66. The topological polar surface area (TPSA) is 110 Å². The van der Waals surface area contributed by atoms with Crippen LogP contribution >= 0.6 is 11.6 Å². The number of hydrogen-bond donors (Lipinski definition) is 3. The Hall–Kier alpha value is -2.81. The third kappa shape index (κ3) is 6.62. The third-order valence-electron chi connectivity index (χ3n) is 4.32. The van der Waals surface area contributed by atoms with E-state index in [1.54, 1.807) is 18.4 Å². The average Bonchev–Trinajstić information content (AvgIpc) is 3.24. The molecule has 0 aliphatic heterocycles. The normalized spacial score (nSPS) is 12.0. The molecule has 1 heterocycles. The summed E-state index contributed by atoms with van der Waals surface area (Å²) in [6.45, 7) is 1.51. The van der Waals surface area contributed by atoms with Crippen LogP contribution < -0.4 is 15.8 Å². The number of rotatable bonds is 8. The maximum absolute atomic E-state index is 11.4. The molecule has 0 atom stereocenters. The summed E-state index contributed by atoms with van der Waals surface area (Å²) >= 11 is 6.23. The molecule has 2 aromatic carbocycles. The molecule has 0 aliphatic rings. The lowest BCUT2D eigenvalue weighted by atomic mass is 10.2. The van der Waals surface area contributed by atoms with E-state index in [2.05, 4.69) is 15.6 Å². The fourth-order valence-electron chi connectivity index (χ4n) is 2.71. The van der Waals surface area contributed by atoms with Gasteiger partial charge in [0, 0.05) is 24.5 Å². The minimum absolute atomic E-state index is 0.0730. The molecule has 30 heavy (non-hydrogen) atoms. The van der Waals surface area contributed by atoms with Gasteiger partial charge in [0.25, 0.3) is 0 Å². The quantitative estimate of drug-likeness (QED) is 0.364. The molecule has 0 unspecified atom stereocenters. The summed E-state index contributed by atoms with van der Waals surface area (Å²) in [6.07, 6.45) is 2.36. The second kappa shape index (κ2) is 10.3. The van der Waals surface area contributed by atoms with E-state index < -0.39 is 10.0 Å². The van der Waals surface area contributed by atoms with Gasteiger partial charge >= 0.3 is 0 Å². The van der Waals surface area contributed by atoms with Crippen LogP contribution in [0.2, 0.25) is 5.02 Å². The van der Waals surface area contributed by atoms with E-state index >= 15 is 0 Å². The molecular formula is C21H23ClN4O3S. The Labute approximate surface area is 181 Å². The number of nitrogens with one attached hydrogen (secondary N) is 2. The van der Waals surface area contributed by atoms with Gasteiger partial charge in [0.1, 0.15) is 5.76 Å². The molecule has 3 aromatic rings. The standard InChI is InChI=1S/C21H23ClN4O3S/c22-20-6-2-1-4-17(20)15-26-21(24-12-11-18-5-3-13-29-18)25-14-16-7-9-19(10-8-16)30(23,27)28/h1-10,13H,11-12,14-15H2,(H2,23,27,28)(H2,24,25,26). The highest BCUT2D eigenvalue weighted by atomic mass is 35.5. The van der Waals surface area contributed by atoms with Crippen molar-refractivity contribution in [1.29, 1.82) is 0 Å². The van der Waals surface area contributed by atoms with Gasteiger partial charge in [0.15, 0.2) is 5.96 Å². The molecule has 9 heteroatoms. The Morgan fingerprint density at radius 3 is 2.47 bits per heavy atom. The van der Waals surface area contributed by atoms with Crippen LogP contribution in [0.4, 0.5) is 0 Å². The number of benzene rings is 2. The van der Waals surface area contributed by atoms with Crippen LogP contribution in [0.25, 0.3) is 0 Å². The number of nitrogens with zero attached hydrogens (tertiary/aromatic N) is 1. The fraction of sp³-hybridized carbons (Fsp3) is 0.190. The average molecular weight is 447 g/mol. The summed E-state index contributed by atoms with van der Waals surface area (Å²) in [4.78, 5) is 4.66. The summed E-state index contributed by atoms with van der Waals surface area (Å²) in [5.74, 6) is 1.49. The smallest absolute Gasteiger partial charge is 0.238 e. The van der Waals surface area contributed by atoms with E-state index in [9.17, 15) is 8.42 Å². The monoisotopic (exact) mass is 446 g/mol. The number of hydrogen-bond acceptors (Lipinski definition) is 4. The van der Waals surface area contributed by atoms with Crippen molar-refractivity contribution >= 4 is 27.6 Å². The van der Waals surface area contributed by atoms with Crippen LogP contribution in [-0.2, 0) is 29.5 Å². The second-order valence-corrected chi connectivity index (χ2v) is 8.52. The maximum atomic E-state index is 11.4. The van der Waals surface area contributed by atoms with E-state index in [1.807, 2.05) is 36.4 Å². The zero-order valence-corrected chi connectivity index (χ0v) is 17.8. The SMILES string of the molecule is NS(=O)(=O)c1ccc(CN=C(NCCc2ccco2)NCc2ccccc2Cl)cc1. The zero-order chi connectivity index (χ0) is 21.4. The summed E-state index contributed by atoms with van der Waals surface area (Å²) in [6, 6.07) is 17.7. The van der Waals surface area contributed by atoms with Crippen molar-refractivity contribution in [3.05, 3.63) is 88.8 Å². The third-order valence-corrected chi connectivity index (χ3v) is 5.62. The van der Waals surface area contributed by atoms with Crippen LogP contribution in [0.1, 0.15) is 16.9 Å². The maximum Gasteiger partial charge on any atom is 0.238 e. The fourth-order valence-corrected chi connectivity index (χ4v) is 3.43. The van der Waals surface area contributed by atoms with Gasteiger partial charge in [0.2, 0.25) is 10.0 Å². The van der Waals surface area contributed by atoms with Gasteiger partial charge in [-0.1, -0.05) is 41.9 Å². The molecule has 3 rings (SSSR count). The highest BCUT2D eigenvalue weighted by molar-refractivity contribution is 7.89. The molecule has 1 aromatic heterocycles. The van der Waals surface area contributed by atoms with Crippen molar-refractivity contribution in [2.75, 3.05) is 6.54 Å². The number of nitrogens with two attached hydrogens (primary N) is 1. The van der Waals surface area contributed by atoms with Gasteiger partial charge in [-0.2, -0.15) is 0 Å².